The second kappa shape index (κ2) is 4.02. The van der Waals surface area contributed by atoms with Crippen molar-refractivity contribution in [1.29, 1.82) is 0 Å². The molecular formula is C9H9Br2N3O. The fourth-order valence-electron chi connectivity index (χ4n) is 1.31. The van der Waals surface area contributed by atoms with Crippen molar-refractivity contribution in [1.82, 2.24) is 9.78 Å². The Bertz CT molecular complexity index is 470. The molecular weight excluding hydrogens is 326 g/mol. The van der Waals surface area contributed by atoms with Gasteiger partial charge in [0.2, 0.25) is 0 Å². The molecule has 0 bridgehead atoms. The lowest BCUT2D eigenvalue weighted by Gasteiger charge is -1.99. The van der Waals surface area contributed by atoms with Crippen LogP contribution in [0, 0.1) is 6.92 Å². The number of nitrogen functional groups attached to an aromatic ring is 1. The molecule has 2 N–H and O–H groups in total. The van der Waals surface area contributed by atoms with E-state index in [1.807, 2.05) is 19.1 Å². The molecule has 6 heteroatoms. The molecule has 4 nitrogen and oxygen atoms in total. The highest BCUT2D eigenvalue weighted by Gasteiger charge is 2.09. The average Bonchev–Trinajstić information content (AvgIpc) is 2.59. The fourth-order valence-corrected chi connectivity index (χ4v) is 1.97. The lowest BCUT2D eigenvalue weighted by molar-refractivity contribution is 0.463. The Morgan fingerprint density at radius 2 is 2.20 bits per heavy atom. The van der Waals surface area contributed by atoms with Crippen LogP contribution in [-0.4, -0.2) is 9.78 Å². The predicted octanol–water partition coefficient (Wildman–Crippen LogP) is 2.94. The maximum Gasteiger partial charge on any atom is 0.183 e. The zero-order valence-electron chi connectivity index (χ0n) is 8.00. The minimum Gasteiger partial charge on any atom is -0.451 e. The number of hydrogen-bond donors (Lipinski definition) is 1. The molecule has 0 spiro atoms. The lowest BCUT2D eigenvalue weighted by Crippen LogP contribution is -2.04. The van der Waals surface area contributed by atoms with Gasteiger partial charge in [-0.3, -0.25) is 0 Å². The van der Waals surface area contributed by atoms with Crippen LogP contribution < -0.4 is 5.73 Å². The average molecular weight is 335 g/mol. The predicted molar refractivity (Wildman–Crippen MR) is 64.6 cm³/mol. The minimum atomic E-state index is 0.532. The summed E-state index contributed by atoms with van der Waals surface area (Å²) < 4.78 is 8.71. The van der Waals surface area contributed by atoms with Crippen molar-refractivity contribution in [3.8, 4) is 0 Å². The summed E-state index contributed by atoms with van der Waals surface area (Å²) in [7, 11) is 0. The van der Waals surface area contributed by atoms with E-state index in [0.717, 1.165) is 15.9 Å². The Morgan fingerprint density at radius 1 is 1.47 bits per heavy atom. The van der Waals surface area contributed by atoms with Crippen molar-refractivity contribution >= 4 is 37.7 Å². The molecule has 0 aliphatic carbocycles. The number of furan rings is 1. The van der Waals surface area contributed by atoms with E-state index in [4.69, 9.17) is 10.2 Å². The highest BCUT2D eigenvalue weighted by atomic mass is 79.9. The molecule has 2 aromatic heterocycles. The van der Waals surface area contributed by atoms with Gasteiger partial charge in [0.15, 0.2) is 4.67 Å². The molecule has 0 aliphatic heterocycles. The Kier molecular flexibility index (Phi) is 2.88. The monoisotopic (exact) mass is 333 g/mol. The molecule has 0 unspecified atom stereocenters. The molecule has 0 radical (unpaired) electrons. The van der Waals surface area contributed by atoms with Crippen LogP contribution in [0.5, 0.6) is 0 Å². The number of rotatable bonds is 2. The molecule has 0 atom stereocenters. The third-order valence-corrected chi connectivity index (χ3v) is 3.65. The van der Waals surface area contributed by atoms with Gasteiger partial charge in [0.05, 0.1) is 10.2 Å². The second-order valence-corrected chi connectivity index (χ2v) is 4.78. The summed E-state index contributed by atoms with van der Waals surface area (Å²) in [5, 5.41) is 4.25. The van der Waals surface area contributed by atoms with Crippen molar-refractivity contribution in [2.75, 3.05) is 5.73 Å². The molecule has 2 heterocycles. The highest BCUT2D eigenvalue weighted by molar-refractivity contribution is 9.13. The number of nitrogens with zero attached hydrogens (tertiary/aromatic N) is 2. The highest BCUT2D eigenvalue weighted by Crippen LogP contribution is 2.27. The first-order valence-electron chi connectivity index (χ1n) is 4.30. The first-order valence-corrected chi connectivity index (χ1v) is 5.88. The molecule has 15 heavy (non-hydrogen) atoms. The van der Waals surface area contributed by atoms with Crippen molar-refractivity contribution in [3.05, 3.63) is 32.7 Å². The summed E-state index contributed by atoms with van der Waals surface area (Å²) in [6.45, 7) is 2.44. The standard InChI is InChI=1S/C9H9Br2N3O/c1-5-2-8(12)14(13-5)4-6-3-7(10)9(11)15-6/h2-3H,4,12H2,1H3. The van der Waals surface area contributed by atoms with Crippen LogP contribution in [0.4, 0.5) is 5.82 Å². The van der Waals surface area contributed by atoms with Gasteiger partial charge in [-0.05, 0) is 44.8 Å². The second-order valence-electron chi connectivity index (χ2n) is 3.20. The van der Waals surface area contributed by atoms with Gasteiger partial charge in [0.25, 0.3) is 0 Å². The molecule has 80 valence electrons. The van der Waals surface area contributed by atoms with E-state index < -0.39 is 0 Å². The van der Waals surface area contributed by atoms with Gasteiger partial charge < -0.3 is 10.2 Å². The summed E-state index contributed by atoms with van der Waals surface area (Å²) in [6, 6.07) is 3.72. The Morgan fingerprint density at radius 3 is 2.67 bits per heavy atom. The van der Waals surface area contributed by atoms with Crippen LogP contribution in [0.1, 0.15) is 11.5 Å². The third-order valence-electron chi connectivity index (χ3n) is 1.94. The maximum atomic E-state index is 5.77. The van der Waals surface area contributed by atoms with Gasteiger partial charge in [-0.15, -0.1) is 0 Å². The zero-order valence-corrected chi connectivity index (χ0v) is 11.2. The first kappa shape index (κ1) is 10.8. The van der Waals surface area contributed by atoms with E-state index in [1.54, 1.807) is 4.68 Å². The Balaban J connectivity index is 2.25. The van der Waals surface area contributed by atoms with Crippen LogP contribution in [0.15, 0.2) is 25.7 Å². The molecule has 0 saturated heterocycles. The zero-order chi connectivity index (χ0) is 11.0. The van der Waals surface area contributed by atoms with E-state index in [-0.39, 0.29) is 0 Å². The summed E-state index contributed by atoms with van der Waals surface area (Å²) in [6.07, 6.45) is 0. The SMILES string of the molecule is Cc1cc(N)n(Cc2cc(Br)c(Br)o2)n1. The van der Waals surface area contributed by atoms with Gasteiger partial charge in [0.1, 0.15) is 18.1 Å². The van der Waals surface area contributed by atoms with Crippen molar-refractivity contribution in [2.24, 2.45) is 0 Å². The summed E-state index contributed by atoms with van der Waals surface area (Å²) >= 11 is 6.63. The number of anilines is 1. The number of nitrogens with two attached hydrogens (primary N) is 1. The molecule has 2 rings (SSSR count). The van der Waals surface area contributed by atoms with Gasteiger partial charge in [0, 0.05) is 6.07 Å². The van der Waals surface area contributed by atoms with Crippen molar-refractivity contribution in [2.45, 2.75) is 13.5 Å². The van der Waals surface area contributed by atoms with E-state index in [0.29, 0.717) is 17.0 Å². The summed E-state index contributed by atoms with van der Waals surface area (Å²) in [5.74, 6) is 1.43. The normalized spacial score (nSPS) is 10.9. The van der Waals surface area contributed by atoms with Crippen LogP contribution in [-0.2, 0) is 6.54 Å². The fraction of sp³-hybridized carbons (Fsp3) is 0.222. The largest absolute Gasteiger partial charge is 0.451 e. The van der Waals surface area contributed by atoms with Crippen LogP contribution >= 0.6 is 31.9 Å². The molecule has 0 saturated carbocycles. The number of aryl methyl sites for hydroxylation is 1. The quantitative estimate of drug-likeness (QED) is 0.918. The molecule has 2 aromatic rings. The van der Waals surface area contributed by atoms with Gasteiger partial charge in [-0.1, -0.05) is 0 Å². The smallest absolute Gasteiger partial charge is 0.183 e. The summed E-state index contributed by atoms with van der Waals surface area (Å²) in [5.41, 5.74) is 6.67. The van der Waals surface area contributed by atoms with E-state index in [2.05, 4.69) is 37.0 Å². The van der Waals surface area contributed by atoms with Crippen molar-refractivity contribution < 1.29 is 4.42 Å². The number of halogens is 2. The molecule has 0 amide bonds. The lowest BCUT2D eigenvalue weighted by atomic mass is 10.4. The van der Waals surface area contributed by atoms with Crippen molar-refractivity contribution in [3.63, 3.8) is 0 Å². The molecule has 0 aliphatic rings. The van der Waals surface area contributed by atoms with E-state index in [9.17, 15) is 0 Å². The Hall–Kier alpha value is -0.750. The van der Waals surface area contributed by atoms with Gasteiger partial charge in [-0.2, -0.15) is 5.10 Å². The van der Waals surface area contributed by atoms with Crippen LogP contribution in [0.25, 0.3) is 0 Å². The number of hydrogen-bond acceptors (Lipinski definition) is 3. The van der Waals surface area contributed by atoms with Crippen LogP contribution in [0.3, 0.4) is 0 Å². The molecule has 0 fully saturated rings. The van der Waals surface area contributed by atoms with Crippen LogP contribution in [0.2, 0.25) is 0 Å². The third kappa shape index (κ3) is 2.26. The Labute approximate surface area is 104 Å². The summed E-state index contributed by atoms with van der Waals surface area (Å²) in [4.78, 5) is 0. The molecule has 0 aromatic carbocycles. The first-order chi connectivity index (χ1) is 7.06. The van der Waals surface area contributed by atoms with Gasteiger partial charge in [-0.25, -0.2) is 4.68 Å². The minimum absolute atomic E-state index is 0.532. The van der Waals surface area contributed by atoms with Gasteiger partial charge >= 0.3 is 0 Å². The van der Waals surface area contributed by atoms with E-state index in [1.165, 1.54) is 0 Å². The maximum absolute atomic E-state index is 5.77. The topological polar surface area (TPSA) is 57.0 Å². The number of aromatic nitrogens is 2. The van der Waals surface area contributed by atoms with E-state index >= 15 is 0 Å².